The molecule has 0 saturated carbocycles. The van der Waals surface area contributed by atoms with Crippen molar-refractivity contribution in [3.05, 3.63) is 35.0 Å². The minimum Gasteiger partial charge on any atom is -0.394 e. The number of likely N-dealkylation sites (tertiary alicyclic amines) is 2. The molecule has 12 nitrogen and oxygen atoms in total. The fourth-order valence-electron chi connectivity index (χ4n) is 7.65. The minimum absolute atomic E-state index is 0.0137. The average Bonchev–Trinajstić information content (AvgIpc) is 3.76. The van der Waals surface area contributed by atoms with Gasteiger partial charge in [0.1, 0.15) is 0 Å². The Morgan fingerprint density at radius 3 is 2.51 bits per heavy atom. The predicted octanol–water partition coefficient (Wildman–Crippen LogP) is 2.37. The average molecular weight is 759 g/mol. The van der Waals surface area contributed by atoms with Crippen molar-refractivity contribution in [2.24, 2.45) is 5.92 Å². The number of carbonyl (C=O) groups is 1. The van der Waals surface area contributed by atoms with Crippen molar-refractivity contribution in [3.8, 4) is 11.3 Å². The van der Waals surface area contributed by atoms with Gasteiger partial charge in [0.15, 0.2) is 0 Å². The molecule has 0 aliphatic carbocycles. The third-order valence-electron chi connectivity index (χ3n) is 10.4. The number of halogens is 3. The van der Waals surface area contributed by atoms with Crippen LogP contribution in [0.25, 0.3) is 11.3 Å². The fraction of sp³-hybridized carbons (Fsp3) is 0.706. The van der Waals surface area contributed by atoms with E-state index in [1.54, 1.807) is 4.68 Å². The second-order valence-corrected chi connectivity index (χ2v) is 17.2. The van der Waals surface area contributed by atoms with E-state index >= 15 is 0 Å². The van der Waals surface area contributed by atoms with E-state index in [1.807, 2.05) is 4.90 Å². The van der Waals surface area contributed by atoms with Crippen LogP contribution in [0.15, 0.2) is 23.1 Å². The molecular formula is C34H49F3N6O6S2. The van der Waals surface area contributed by atoms with Crippen LogP contribution in [0.2, 0.25) is 0 Å². The number of ether oxygens (including phenoxy) is 1. The minimum atomic E-state index is -4.58. The Hall–Kier alpha value is -2.25. The van der Waals surface area contributed by atoms with Crippen molar-refractivity contribution >= 4 is 27.7 Å². The van der Waals surface area contributed by atoms with Crippen LogP contribution in [0.4, 0.5) is 13.2 Å². The molecule has 17 heteroatoms. The number of benzene rings is 1. The molecule has 2 aromatic rings. The third-order valence-corrected chi connectivity index (χ3v) is 12.7. The van der Waals surface area contributed by atoms with Crippen molar-refractivity contribution in [2.75, 3.05) is 84.1 Å². The number of fused-ring (bicyclic) bond motifs is 1. The van der Waals surface area contributed by atoms with Gasteiger partial charge in [-0.15, -0.1) is 11.8 Å². The smallest absolute Gasteiger partial charge is 0.394 e. The number of hydrogen-bond acceptors (Lipinski definition) is 10. The predicted molar refractivity (Wildman–Crippen MR) is 187 cm³/mol. The van der Waals surface area contributed by atoms with E-state index in [-0.39, 0.29) is 49.1 Å². The summed E-state index contributed by atoms with van der Waals surface area (Å²) in [5.74, 6) is 0.638. The first kappa shape index (κ1) is 38.5. The Morgan fingerprint density at radius 1 is 1.08 bits per heavy atom. The molecular weight excluding hydrogens is 710 g/mol. The molecule has 2 atom stereocenters. The lowest BCUT2D eigenvalue weighted by molar-refractivity contribution is -0.139. The number of alkyl halides is 3. The second kappa shape index (κ2) is 16.4. The fourth-order valence-corrected chi connectivity index (χ4v) is 9.55. The lowest BCUT2D eigenvalue weighted by atomic mass is 9.95. The normalized spacial score (nSPS) is 22.4. The number of β-amino-alcohol motifs (C(OH)–C–C–N with tert-alkyl or cyclic N) is 1. The molecule has 2 N–H and O–H groups in total. The van der Waals surface area contributed by atoms with E-state index in [4.69, 9.17) is 9.84 Å². The molecule has 6 rings (SSSR count). The van der Waals surface area contributed by atoms with Crippen molar-refractivity contribution in [1.29, 1.82) is 0 Å². The van der Waals surface area contributed by atoms with Gasteiger partial charge < -0.3 is 24.7 Å². The number of piperidine rings is 1. The number of morpholine rings is 1. The van der Waals surface area contributed by atoms with Crippen LogP contribution in [0.3, 0.4) is 0 Å². The van der Waals surface area contributed by atoms with Crippen LogP contribution >= 0.6 is 11.8 Å². The number of hydrogen-bond donors (Lipinski definition) is 2. The molecule has 284 valence electrons. The summed E-state index contributed by atoms with van der Waals surface area (Å²) < 4.78 is 76.2. The summed E-state index contributed by atoms with van der Waals surface area (Å²) in [6, 6.07) is 3.93. The Balaban J connectivity index is 1.19. The number of rotatable bonds is 12. The first-order chi connectivity index (χ1) is 24.3. The van der Waals surface area contributed by atoms with Crippen LogP contribution in [-0.2, 0) is 45.2 Å². The standard InChI is InChI=1S/C34H49F3N6O6S2/c1-51(47,48)42-13-8-30-28(22-42)32(38-43(30)20-26(45)19-39-11-6-24(7-12-39)33(46)41-9-2-3-10-41)25-4-5-29(34(35,36)37)31(18-25)50-17-15-40-14-16-49-27(21-40)23-44/h4-5,18,24,26-27,44-45H,2-3,6-17,19-23H2,1H3. The summed E-state index contributed by atoms with van der Waals surface area (Å²) in [4.78, 5) is 19.1. The van der Waals surface area contributed by atoms with Gasteiger partial charge in [-0.25, -0.2) is 8.42 Å². The third kappa shape index (κ3) is 9.47. The molecule has 1 aromatic heterocycles. The summed E-state index contributed by atoms with van der Waals surface area (Å²) in [6.07, 6.45) is -0.596. The Labute approximate surface area is 301 Å². The molecule has 0 bridgehead atoms. The van der Waals surface area contributed by atoms with Gasteiger partial charge in [0.05, 0.1) is 49.5 Å². The highest BCUT2D eigenvalue weighted by Crippen LogP contribution is 2.40. The van der Waals surface area contributed by atoms with Gasteiger partial charge in [-0.2, -0.15) is 22.6 Å². The number of aliphatic hydroxyl groups excluding tert-OH is 2. The number of carbonyl (C=O) groups excluding carboxylic acids is 1. The first-order valence-electron chi connectivity index (χ1n) is 17.8. The zero-order valence-electron chi connectivity index (χ0n) is 29.1. The van der Waals surface area contributed by atoms with Crippen molar-refractivity contribution in [2.45, 2.75) is 68.5 Å². The molecule has 4 aliphatic rings. The number of sulfonamides is 1. The van der Waals surface area contributed by atoms with E-state index in [2.05, 4.69) is 9.80 Å². The van der Waals surface area contributed by atoms with E-state index in [0.717, 1.165) is 68.6 Å². The zero-order chi connectivity index (χ0) is 36.3. The molecule has 4 aliphatic heterocycles. The topological polar surface area (TPSA) is 132 Å². The highest BCUT2D eigenvalue weighted by atomic mass is 32.2. The van der Waals surface area contributed by atoms with E-state index in [9.17, 15) is 36.6 Å². The van der Waals surface area contributed by atoms with Gasteiger partial charge in [-0.05, 0) is 50.9 Å². The number of aromatic nitrogens is 2. The second-order valence-electron chi connectivity index (χ2n) is 14.1. The van der Waals surface area contributed by atoms with E-state index < -0.39 is 27.9 Å². The highest BCUT2D eigenvalue weighted by Gasteiger charge is 2.36. The van der Waals surface area contributed by atoms with E-state index in [0.29, 0.717) is 74.9 Å². The van der Waals surface area contributed by atoms with Crippen LogP contribution in [0.1, 0.15) is 42.5 Å². The van der Waals surface area contributed by atoms with Gasteiger partial charge in [0, 0.05) is 92.2 Å². The molecule has 2 unspecified atom stereocenters. The van der Waals surface area contributed by atoms with Gasteiger partial charge in [-0.1, -0.05) is 6.07 Å². The SMILES string of the molecule is CS(=O)(=O)N1CCc2c(c(-c3ccc(C(F)(F)F)c(SCCN4CCOC(CO)C4)c3)nn2CC(O)CN2CCC(C(=O)N3CCCC3)CC2)C1. The van der Waals surface area contributed by atoms with Crippen LogP contribution in [0, 0.1) is 5.92 Å². The molecule has 0 radical (unpaired) electrons. The first-order valence-corrected chi connectivity index (χ1v) is 20.7. The molecule has 3 saturated heterocycles. The van der Waals surface area contributed by atoms with Gasteiger partial charge in [0.2, 0.25) is 15.9 Å². The Bertz CT molecular complexity index is 1630. The molecule has 1 aromatic carbocycles. The maximum absolute atomic E-state index is 14.2. The summed E-state index contributed by atoms with van der Waals surface area (Å²) in [5, 5.41) is 25.5. The maximum Gasteiger partial charge on any atom is 0.417 e. The van der Waals surface area contributed by atoms with Gasteiger partial charge in [0.25, 0.3) is 0 Å². The van der Waals surface area contributed by atoms with Crippen molar-refractivity contribution in [1.82, 2.24) is 28.8 Å². The summed E-state index contributed by atoms with van der Waals surface area (Å²) in [5.41, 5.74) is 1.49. The maximum atomic E-state index is 14.2. The number of amides is 1. The largest absolute Gasteiger partial charge is 0.417 e. The Kier molecular flexibility index (Phi) is 12.4. The zero-order valence-corrected chi connectivity index (χ0v) is 30.7. The van der Waals surface area contributed by atoms with Crippen LogP contribution in [-0.4, -0.2) is 150 Å². The van der Waals surface area contributed by atoms with Crippen molar-refractivity contribution in [3.63, 3.8) is 0 Å². The quantitative estimate of drug-likeness (QED) is 0.312. The van der Waals surface area contributed by atoms with Gasteiger partial charge in [-0.3, -0.25) is 14.4 Å². The number of nitrogens with zero attached hydrogens (tertiary/aromatic N) is 6. The molecule has 5 heterocycles. The molecule has 1 amide bonds. The lowest BCUT2D eigenvalue weighted by Gasteiger charge is -2.34. The lowest BCUT2D eigenvalue weighted by Crippen LogP contribution is -2.44. The molecule has 0 spiro atoms. The molecule has 3 fully saturated rings. The van der Waals surface area contributed by atoms with Crippen LogP contribution in [0.5, 0.6) is 0 Å². The highest BCUT2D eigenvalue weighted by molar-refractivity contribution is 7.99. The van der Waals surface area contributed by atoms with Crippen LogP contribution < -0.4 is 0 Å². The van der Waals surface area contributed by atoms with Crippen molar-refractivity contribution < 1.29 is 41.3 Å². The summed E-state index contributed by atoms with van der Waals surface area (Å²) >= 11 is 1.10. The van der Waals surface area contributed by atoms with Gasteiger partial charge >= 0.3 is 6.18 Å². The summed E-state index contributed by atoms with van der Waals surface area (Å²) in [6.45, 7) is 5.86. The number of thioether (sulfide) groups is 1. The Morgan fingerprint density at radius 2 is 1.82 bits per heavy atom. The number of aliphatic hydroxyl groups is 2. The summed E-state index contributed by atoms with van der Waals surface area (Å²) in [7, 11) is -3.55. The molecule has 51 heavy (non-hydrogen) atoms. The monoisotopic (exact) mass is 758 g/mol. The van der Waals surface area contributed by atoms with E-state index in [1.165, 1.54) is 16.4 Å².